The minimum absolute atomic E-state index is 0.0131. The van der Waals surface area contributed by atoms with E-state index >= 15 is 0 Å². The third-order valence-electron chi connectivity index (χ3n) is 8.38. The van der Waals surface area contributed by atoms with E-state index in [-0.39, 0.29) is 40.5 Å². The zero-order chi connectivity index (χ0) is 36.3. The molecule has 50 heavy (non-hydrogen) atoms. The molecule has 12 nitrogen and oxygen atoms in total. The number of benzene rings is 2. The molecule has 6 rings (SSSR count). The fourth-order valence-corrected chi connectivity index (χ4v) is 6.26. The summed E-state index contributed by atoms with van der Waals surface area (Å²) >= 11 is 12.4. The van der Waals surface area contributed by atoms with Crippen LogP contribution >= 0.6 is 23.2 Å². The van der Waals surface area contributed by atoms with E-state index in [2.05, 4.69) is 39.1 Å². The molecule has 0 spiro atoms. The monoisotopic (exact) mass is 735 g/mol. The molecule has 4 heterocycles. The third kappa shape index (κ3) is 7.55. The smallest absolute Gasteiger partial charge is 0.259 e. The Labute approximate surface area is 298 Å². The van der Waals surface area contributed by atoms with Crippen LogP contribution in [0, 0.1) is 5.92 Å². The molecular formula is C35H35Cl2N7O5S. The third-order valence-corrected chi connectivity index (χ3v) is 9.90. The van der Waals surface area contributed by atoms with Crippen LogP contribution in [-0.4, -0.2) is 61.5 Å². The fraction of sp³-hybridized carbons (Fsp3) is 0.257. The van der Waals surface area contributed by atoms with Crippen molar-refractivity contribution in [3.8, 4) is 22.3 Å². The number of aryl methyl sites for hydroxylation is 2. The summed E-state index contributed by atoms with van der Waals surface area (Å²) in [6.45, 7) is 4.11. The fourth-order valence-electron chi connectivity index (χ4n) is 5.29. The van der Waals surface area contributed by atoms with Crippen molar-refractivity contribution in [3.05, 3.63) is 104 Å². The van der Waals surface area contributed by atoms with Gasteiger partial charge in [0.25, 0.3) is 11.1 Å². The number of aliphatic hydroxyl groups excluding tert-OH is 1. The lowest BCUT2D eigenvalue weighted by Crippen LogP contribution is -2.31. The Morgan fingerprint density at radius 3 is 1.74 bits per heavy atom. The molecule has 15 heteroatoms. The quantitative estimate of drug-likeness (QED) is 0.190. The number of pyridine rings is 2. The number of nitrogens with one attached hydrogen (secondary N) is 1. The number of halogens is 2. The van der Waals surface area contributed by atoms with Crippen molar-refractivity contribution in [3.63, 3.8) is 0 Å². The molecule has 6 aromatic rings. The Hall–Kier alpha value is -4.69. The van der Waals surface area contributed by atoms with Gasteiger partial charge in [-0.25, -0.2) is 18.4 Å². The number of fused-ring (bicyclic) bond motifs is 2. The first-order valence-electron chi connectivity index (χ1n) is 15.6. The van der Waals surface area contributed by atoms with E-state index in [1.807, 2.05) is 18.2 Å². The molecule has 0 fully saturated rings. The summed E-state index contributed by atoms with van der Waals surface area (Å²) < 4.78 is 25.9. The number of nitrogens with zero attached hydrogens (tertiary/aromatic N) is 6. The second kappa shape index (κ2) is 15.1. The molecule has 2 N–H and O–H groups in total. The van der Waals surface area contributed by atoms with Gasteiger partial charge in [0, 0.05) is 75.8 Å². The molecular weight excluding hydrogens is 701 g/mol. The second-order valence-corrected chi connectivity index (χ2v) is 14.5. The highest BCUT2D eigenvalue weighted by molar-refractivity contribution is 7.90. The summed E-state index contributed by atoms with van der Waals surface area (Å²) in [5.41, 5.74) is 2.47. The van der Waals surface area contributed by atoms with Gasteiger partial charge < -0.3 is 10.4 Å². The van der Waals surface area contributed by atoms with E-state index in [1.54, 1.807) is 55.7 Å². The topological polar surface area (TPSA) is 162 Å². The lowest BCUT2D eigenvalue weighted by molar-refractivity contribution is 0.240. The summed E-state index contributed by atoms with van der Waals surface area (Å²) in [7, 11) is -0.339. The molecule has 0 aliphatic rings. The Balaban J connectivity index is 0.000000197. The summed E-state index contributed by atoms with van der Waals surface area (Å²) in [5.74, 6) is 0.656. The number of aliphatic hydroxyl groups is 1. The SMILES string of the molecule is CC[C@H](C)C(CO)Nc1ncc2cc(-c3ccccc3Cl)c(=O)n(C)c2n1.Cn1c(=O)c(-c2ccccc2Cl)cc2cnc(S(C)(=O)=O)nc21. The maximum atomic E-state index is 12.9. The van der Waals surface area contributed by atoms with Crippen LogP contribution in [0.2, 0.25) is 10.0 Å². The van der Waals surface area contributed by atoms with E-state index in [0.29, 0.717) is 49.3 Å². The van der Waals surface area contributed by atoms with Crippen molar-refractivity contribution < 1.29 is 13.5 Å². The normalized spacial score (nSPS) is 12.7. The number of sulfone groups is 1. The molecule has 0 aliphatic carbocycles. The van der Waals surface area contributed by atoms with Crippen LogP contribution in [0.25, 0.3) is 44.3 Å². The molecule has 0 bridgehead atoms. The van der Waals surface area contributed by atoms with Crippen LogP contribution in [0.5, 0.6) is 0 Å². The van der Waals surface area contributed by atoms with Crippen LogP contribution in [0.1, 0.15) is 20.3 Å². The number of hydrogen-bond acceptors (Lipinski definition) is 10. The van der Waals surface area contributed by atoms with Crippen LogP contribution < -0.4 is 16.4 Å². The van der Waals surface area contributed by atoms with Gasteiger partial charge in [-0.15, -0.1) is 0 Å². The number of anilines is 1. The second-order valence-electron chi connectivity index (χ2n) is 11.8. The van der Waals surface area contributed by atoms with Crippen molar-refractivity contribution in [2.24, 2.45) is 20.0 Å². The zero-order valence-corrected chi connectivity index (χ0v) is 30.3. The first-order valence-corrected chi connectivity index (χ1v) is 18.2. The highest BCUT2D eigenvalue weighted by Crippen LogP contribution is 2.28. The van der Waals surface area contributed by atoms with E-state index in [4.69, 9.17) is 23.2 Å². The predicted molar refractivity (Wildman–Crippen MR) is 198 cm³/mol. The van der Waals surface area contributed by atoms with Crippen LogP contribution in [-0.2, 0) is 23.9 Å². The van der Waals surface area contributed by atoms with Crippen molar-refractivity contribution in [2.75, 3.05) is 18.2 Å². The Bertz CT molecular complexity index is 2450. The Morgan fingerprint density at radius 2 is 1.28 bits per heavy atom. The molecule has 0 amide bonds. The maximum absolute atomic E-state index is 12.9. The van der Waals surface area contributed by atoms with Gasteiger partial charge in [-0.05, 0) is 30.2 Å². The summed E-state index contributed by atoms with van der Waals surface area (Å²) in [6, 6.07) is 17.5. The van der Waals surface area contributed by atoms with Crippen LogP contribution in [0.15, 0.2) is 87.8 Å². The predicted octanol–water partition coefficient (Wildman–Crippen LogP) is 5.52. The summed E-state index contributed by atoms with van der Waals surface area (Å²) in [6.07, 6.45) is 5.00. The Kier molecular flexibility index (Phi) is 11.0. The molecule has 2 aromatic carbocycles. The van der Waals surface area contributed by atoms with Gasteiger partial charge in [0.2, 0.25) is 20.9 Å². The number of rotatable bonds is 8. The van der Waals surface area contributed by atoms with Gasteiger partial charge in [0.05, 0.1) is 12.6 Å². The highest BCUT2D eigenvalue weighted by Gasteiger charge is 2.19. The molecule has 0 aliphatic heterocycles. The summed E-state index contributed by atoms with van der Waals surface area (Å²) in [5, 5.41) is 14.7. The van der Waals surface area contributed by atoms with E-state index in [1.165, 1.54) is 22.4 Å². The van der Waals surface area contributed by atoms with E-state index in [0.717, 1.165) is 18.1 Å². The maximum Gasteiger partial charge on any atom is 0.259 e. The van der Waals surface area contributed by atoms with Gasteiger partial charge in [-0.2, -0.15) is 9.97 Å². The van der Waals surface area contributed by atoms with Crippen molar-refractivity contribution in [2.45, 2.75) is 31.5 Å². The largest absolute Gasteiger partial charge is 0.394 e. The van der Waals surface area contributed by atoms with E-state index in [9.17, 15) is 23.1 Å². The van der Waals surface area contributed by atoms with Gasteiger partial charge >= 0.3 is 0 Å². The lowest BCUT2D eigenvalue weighted by Gasteiger charge is -2.22. The molecule has 2 atom stereocenters. The number of hydrogen-bond donors (Lipinski definition) is 2. The first-order chi connectivity index (χ1) is 23.7. The van der Waals surface area contributed by atoms with Gasteiger partial charge in [0.15, 0.2) is 0 Å². The molecule has 4 aromatic heterocycles. The van der Waals surface area contributed by atoms with Crippen molar-refractivity contribution in [1.29, 1.82) is 0 Å². The minimum atomic E-state index is -3.55. The Morgan fingerprint density at radius 1 is 0.800 bits per heavy atom. The van der Waals surface area contributed by atoms with Gasteiger partial charge in [-0.1, -0.05) is 79.9 Å². The molecule has 0 saturated carbocycles. The van der Waals surface area contributed by atoms with Crippen molar-refractivity contribution in [1.82, 2.24) is 29.1 Å². The summed E-state index contributed by atoms with van der Waals surface area (Å²) in [4.78, 5) is 42.2. The lowest BCUT2D eigenvalue weighted by atomic mass is 10.0. The van der Waals surface area contributed by atoms with E-state index < -0.39 is 9.84 Å². The van der Waals surface area contributed by atoms with Crippen LogP contribution in [0.3, 0.4) is 0 Å². The molecule has 0 radical (unpaired) electrons. The standard InChI is InChI=1S/C20H23ClN4O2.C15H12ClN3O3S/c1-4-12(2)17(11-26)23-20-22-10-13-9-15(14-7-5-6-8-16(14)21)19(27)25(3)18(13)24-20;1-19-13-9(8-17-15(18-13)23(2,21)22)7-11(14(19)20)10-5-3-4-6-12(10)16/h5-10,12,17,26H,4,11H2,1-3H3,(H,22,23,24);3-8H,1-2H3/t12-,17?;/m0./s1. The van der Waals surface area contributed by atoms with Gasteiger partial charge in [0.1, 0.15) is 11.3 Å². The highest BCUT2D eigenvalue weighted by atomic mass is 35.5. The molecule has 0 saturated heterocycles. The zero-order valence-electron chi connectivity index (χ0n) is 27.9. The average Bonchev–Trinajstić information content (AvgIpc) is 3.10. The first kappa shape index (κ1) is 36.6. The average molecular weight is 737 g/mol. The minimum Gasteiger partial charge on any atom is -0.394 e. The van der Waals surface area contributed by atoms with Crippen molar-refractivity contribution >= 4 is 61.1 Å². The van der Waals surface area contributed by atoms with Crippen LogP contribution in [0.4, 0.5) is 5.95 Å². The molecule has 260 valence electrons. The van der Waals surface area contributed by atoms with Gasteiger partial charge in [-0.3, -0.25) is 18.7 Å². The molecule has 1 unspecified atom stereocenters. The number of aromatic nitrogens is 6.